The van der Waals surface area contributed by atoms with Crippen LogP contribution in [0.4, 0.5) is 0 Å². The fraction of sp³-hybridized carbons (Fsp3) is 0.409. The lowest BCUT2D eigenvalue weighted by Gasteiger charge is -2.29. The van der Waals surface area contributed by atoms with Crippen LogP contribution >= 0.6 is 0 Å². The highest BCUT2D eigenvalue weighted by Crippen LogP contribution is 2.40. The van der Waals surface area contributed by atoms with Crippen LogP contribution in [-0.4, -0.2) is 23.9 Å². The lowest BCUT2D eigenvalue weighted by molar-refractivity contribution is 0.354. The molecule has 1 aliphatic rings. The first-order valence-corrected chi connectivity index (χ1v) is 9.41. The molecule has 0 aliphatic carbocycles. The Morgan fingerprint density at radius 1 is 1.26 bits per heavy atom. The van der Waals surface area contributed by atoms with Crippen LogP contribution in [0.3, 0.4) is 0 Å². The van der Waals surface area contributed by atoms with Crippen LogP contribution in [0.15, 0.2) is 35.3 Å². The van der Waals surface area contributed by atoms with E-state index >= 15 is 0 Å². The van der Waals surface area contributed by atoms with Gasteiger partial charge in [-0.3, -0.25) is 4.79 Å². The fourth-order valence-electron chi connectivity index (χ4n) is 3.62. The zero-order valence-corrected chi connectivity index (χ0v) is 16.4. The van der Waals surface area contributed by atoms with E-state index in [9.17, 15) is 9.90 Å². The molecule has 0 fully saturated rings. The van der Waals surface area contributed by atoms with Gasteiger partial charge in [0.1, 0.15) is 5.76 Å². The molecule has 1 aliphatic heterocycles. The van der Waals surface area contributed by atoms with E-state index < -0.39 is 0 Å². The number of unbranched alkanes of at least 4 members (excludes halogenated alkanes) is 2. The number of benzene rings is 1. The molecule has 0 radical (unpaired) electrons. The summed E-state index contributed by atoms with van der Waals surface area (Å²) in [7, 11) is 3.22. The first-order valence-electron chi connectivity index (χ1n) is 9.41. The minimum absolute atomic E-state index is 0.0639. The molecule has 1 aromatic carbocycles. The third kappa shape index (κ3) is 3.59. The Morgan fingerprint density at radius 3 is 2.63 bits per heavy atom. The predicted molar refractivity (Wildman–Crippen MR) is 108 cm³/mol. The van der Waals surface area contributed by atoms with Gasteiger partial charge in [-0.15, -0.1) is 0 Å². The van der Waals surface area contributed by atoms with Gasteiger partial charge in [-0.2, -0.15) is 0 Å². The fourth-order valence-corrected chi connectivity index (χ4v) is 3.62. The Kier molecular flexibility index (Phi) is 5.59. The van der Waals surface area contributed by atoms with Crippen molar-refractivity contribution in [3.63, 3.8) is 0 Å². The van der Waals surface area contributed by atoms with Gasteiger partial charge >= 0.3 is 0 Å². The minimum Gasteiger partial charge on any atom is -0.507 e. The molecule has 0 saturated heterocycles. The number of hydrogen-bond acceptors (Lipinski definition) is 4. The molecular formula is C22H27NO4. The van der Waals surface area contributed by atoms with Crippen LogP contribution in [-0.2, 0) is 6.42 Å². The van der Waals surface area contributed by atoms with Crippen LogP contribution in [0, 0.1) is 0 Å². The summed E-state index contributed by atoms with van der Waals surface area (Å²) in [5.41, 5.74) is 3.09. The summed E-state index contributed by atoms with van der Waals surface area (Å²) in [4.78, 5) is 12.7. The summed E-state index contributed by atoms with van der Waals surface area (Å²) < 4.78 is 12.9. The van der Waals surface area contributed by atoms with Gasteiger partial charge in [0.15, 0.2) is 16.9 Å². The summed E-state index contributed by atoms with van der Waals surface area (Å²) in [5.74, 6) is 1.39. The largest absolute Gasteiger partial charge is 0.507 e. The van der Waals surface area contributed by atoms with Gasteiger partial charge in [0.2, 0.25) is 0 Å². The molecule has 0 saturated carbocycles. The predicted octanol–water partition coefficient (Wildman–Crippen LogP) is 4.74. The van der Waals surface area contributed by atoms with Crippen LogP contribution in [0.5, 0.6) is 11.5 Å². The third-order valence-corrected chi connectivity index (χ3v) is 5.13. The summed E-state index contributed by atoms with van der Waals surface area (Å²) >= 11 is 0. The van der Waals surface area contributed by atoms with E-state index in [1.807, 2.05) is 12.1 Å². The van der Waals surface area contributed by atoms with Crippen molar-refractivity contribution in [1.29, 1.82) is 0 Å². The SMILES string of the molecule is CCCCC=C(O)c1cn2c(cc1=O)-c1cc(OC)c(OC)cc1C[C@@H]2C. The number of ether oxygens (including phenoxy) is 2. The molecular weight excluding hydrogens is 342 g/mol. The maximum absolute atomic E-state index is 12.7. The maximum atomic E-state index is 12.7. The molecule has 0 unspecified atom stereocenters. The van der Waals surface area contributed by atoms with Gasteiger partial charge in [-0.1, -0.05) is 13.3 Å². The Labute approximate surface area is 159 Å². The van der Waals surface area contributed by atoms with E-state index in [4.69, 9.17) is 9.47 Å². The maximum Gasteiger partial charge on any atom is 0.193 e. The number of hydrogen-bond donors (Lipinski definition) is 1. The van der Waals surface area contributed by atoms with E-state index in [2.05, 4.69) is 18.4 Å². The molecule has 2 heterocycles. The molecule has 2 aromatic rings. The highest BCUT2D eigenvalue weighted by molar-refractivity contribution is 5.72. The number of pyridine rings is 1. The number of allylic oxidation sites excluding steroid dienone is 1. The van der Waals surface area contributed by atoms with Crippen LogP contribution in [0.2, 0.25) is 0 Å². The Hall–Kier alpha value is -2.69. The van der Waals surface area contributed by atoms with Gasteiger partial charge in [-0.05, 0) is 50.0 Å². The number of nitrogens with zero attached hydrogens (tertiary/aromatic N) is 1. The van der Waals surface area contributed by atoms with E-state index in [-0.39, 0.29) is 17.2 Å². The van der Waals surface area contributed by atoms with Gasteiger partial charge in [0.05, 0.1) is 25.5 Å². The van der Waals surface area contributed by atoms with Crippen LogP contribution in [0.1, 0.15) is 50.3 Å². The second kappa shape index (κ2) is 7.91. The summed E-state index contributed by atoms with van der Waals surface area (Å²) in [6.45, 7) is 4.20. The van der Waals surface area contributed by atoms with E-state index in [1.165, 1.54) is 0 Å². The number of aliphatic hydroxyl groups is 1. The highest BCUT2D eigenvalue weighted by Gasteiger charge is 2.24. The van der Waals surface area contributed by atoms with Crippen molar-refractivity contribution in [3.8, 4) is 22.8 Å². The Bertz CT molecular complexity index is 927. The zero-order valence-electron chi connectivity index (χ0n) is 16.4. The molecule has 0 spiro atoms. The molecule has 1 atom stereocenters. The molecule has 144 valence electrons. The second-order valence-corrected chi connectivity index (χ2v) is 6.99. The van der Waals surface area contributed by atoms with Crippen LogP contribution < -0.4 is 14.9 Å². The van der Waals surface area contributed by atoms with Gasteiger partial charge in [0.25, 0.3) is 0 Å². The zero-order chi connectivity index (χ0) is 19.6. The first kappa shape index (κ1) is 19.1. The summed E-state index contributed by atoms with van der Waals surface area (Å²) in [5, 5.41) is 10.4. The number of fused-ring (bicyclic) bond motifs is 3. The highest BCUT2D eigenvalue weighted by atomic mass is 16.5. The van der Waals surface area contributed by atoms with Crippen molar-refractivity contribution in [2.45, 2.75) is 45.6 Å². The quantitative estimate of drug-likeness (QED) is 0.590. The Morgan fingerprint density at radius 2 is 1.96 bits per heavy atom. The van der Waals surface area contributed by atoms with E-state index in [0.29, 0.717) is 17.1 Å². The van der Waals surface area contributed by atoms with Crippen LogP contribution in [0.25, 0.3) is 17.0 Å². The van der Waals surface area contributed by atoms with Gasteiger partial charge in [-0.25, -0.2) is 0 Å². The topological polar surface area (TPSA) is 60.7 Å². The molecule has 5 heteroatoms. The monoisotopic (exact) mass is 369 g/mol. The number of methoxy groups -OCH3 is 2. The minimum atomic E-state index is -0.179. The lowest BCUT2D eigenvalue weighted by atomic mass is 9.92. The summed E-state index contributed by atoms with van der Waals surface area (Å²) in [6.07, 6.45) is 7.13. The van der Waals surface area contributed by atoms with Crippen molar-refractivity contribution in [2.24, 2.45) is 0 Å². The molecule has 0 bridgehead atoms. The molecule has 0 amide bonds. The smallest absolute Gasteiger partial charge is 0.193 e. The third-order valence-electron chi connectivity index (χ3n) is 5.13. The number of aromatic nitrogens is 1. The van der Waals surface area contributed by atoms with Gasteiger partial charge < -0.3 is 19.1 Å². The van der Waals surface area contributed by atoms with Crippen molar-refractivity contribution in [3.05, 3.63) is 51.8 Å². The molecule has 5 nitrogen and oxygen atoms in total. The van der Waals surface area contributed by atoms with Crippen molar-refractivity contribution in [1.82, 2.24) is 4.57 Å². The van der Waals surface area contributed by atoms with Gasteiger partial charge in [0, 0.05) is 23.9 Å². The number of rotatable bonds is 6. The molecule has 27 heavy (non-hydrogen) atoms. The van der Waals surface area contributed by atoms with Crippen molar-refractivity contribution >= 4 is 5.76 Å². The second-order valence-electron chi connectivity index (χ2n) is 6.99. The molecule has 1 aromatic heterocycles. The van der Waals surface area contributed by atoms with Crippen molar-refractivity contribution < 1.29 is 14.6 Å². The average Bonchev–Trinajstić information content (AvgIpc) is 2.66. The molecule has 3 rings (SSSR count). The first-order chi connectivity index (χ1) is 13.0. The van der Waals surface area contributed by atoms with E-state index in [1.54, 1.807) is 32.6 Å². The number of aliphatic hydroxyl groups excluding tert-OH is 1. The normalized spacial score (nSPS) is 15.9. The average molecular weight is 369 g/mol. The standard InChI is InChI=1S/C22H27NO4/c1-5-6-7-8-19(24)17-13-23-14(2)9-15-10-21(26-3)22(27-4)11-16(15)18(23)12-20(17)25/h8,10-14,24H,5-7,9H2,1-4H3/t14-/m0/s1. The van der Waals surface area contributed by atoms with Crippen molar-refractivity contribution in [2.75, 3.05) is 14.2 Å². The lowest BCUT2D eigenvalue weighted by Crippen LogP contribution is -2.22. The Balaban J connectivity index is 2.12. The summed E-state index contributed by atoms with van der Waals surface area (Å²) in [6, 6.07) is 5.67. The van der Waals surface area contributed by atoms with E-state index in [0.717, 1.165) is 42.5 Å². The molecule has 1 N–H and O–H groups in total.